The number of fused-ring (bicyclic) bond motifs is 1. The highest BCUT2D eigenvalue weighted by Gasteiger charge is 2.21. The SMILES string of the molecule is CC(=O)COCCCOP(=O)(O)CO[C@H](C)Cn1cnc2c(N)ncnc21. The maximum Gasteiger partial charge on any atom is 0.353 e. The maximum absolute atomic E-state index is 12.0. The fourth-order valence-electron chi connectivity index (χ4n) is 2.20. The van der Waals surface area contributed by atoms with Crippen LogP contribution in [-0.4, -0.2) is 62.5 Å². The van der Waals surface area contributed by atoms with Crippen molar-refractivity contribution in [3.8, 4) is 0 Å². The van der Waals surface area contributed by atoms with Crippen molar-refractivity contribution >= 4 is 30.4 Å². The Morgan fingerprint density at radius 2 is 2.15 bits per heavy atom. The molecule has 0 saturated heterocycles. The molecule has 150 valence electrons. The normalized spacial score (nSPS) is 14.9. The molecule has 0 fully saturated rings. The second kappa shape index (κ2) is 9.86. The van der Waals surface area contributed by atoms with E-state index in [0.29, 0.717) is 24.1 Å². The van der Waals surface area contributed by atoms with Gasteiger partial charge in [0.25, 0.3) is 0 Å². The number of hydrogen-bond donors (Lipinski definition) is 2. The Bertz CT molecular complexity index is 813. The first-order chi connectivity index (χ1) is 12.8. The molecule has 1 unspecified atom stereocenters. The zero-order valence-electron chi connectivity index (χ0n) is 15.3. The van der Waals surface area contributed by atoms with Gasteiger partial charge in [0.05, 0.1) is 25.6 Å². The molecule has 12 heteroatoms. The summed E-state index contributed by atoms with van der Waals surface area (Å²) < 4.78 is 29.2. The number of Topliss-reactive ketones (excluding diaryl/α,β-unsaturated/α-hetero) is 1. The minimum atomic E-state index is -3.88. The lowest BCUT2D eigenvalue weighted by Gasteiger charge is -2.17. The van der Waals surface area contributed by atoms with Gasteiger partial charge in [0.15, 0.2) is 17.2 Å². The van der Waals surface area contributed by atoms with Crippen LogP contribution in [0.4, 0.5) is 5.82 Å². The average Bonchev–Trinajstić information content (AvgIpc) is 3.00. The van der Waals surface area contributed by atoms with E-state index in [1.54, 1.807) is 17.8 Å². The Labute approximate surface area is 156 Å². The van der Waals surface area contributed by atoms with Gasteiger partial charge < -0.3 is 29.2 Å². The number of hydrogen-bond acceptors (Lipinski definition) is 9. The zero-order chi connectivity index (χ0) is 19.9. The van der Waals surface area contributed by atoms with Crippen molar-refractivity contribution in [2.45, 2.75) is 32.9 Å². The Morgan fingerprint density at radius 1 is 1.37 bits per heavy atom. The minimum Gasteiger partial charge on any atom is -0.382 e. The lowest BCUT2D eigenvalue weighted by Crippen LogP contribution is -2.17. The summed E-state index contributed by atoms with van der Waals surface area (Å²) in [5, 5.41) is 0. The van der Waals surface area contributed by atoms with Gasteiger partial charge in [-0.05, 0) is 20.3 Å². The number of nitrogens with two attached hydrogens (primary N) is 1. The Morgan fingerprint density at radius 3 is 2.89 bits per heavy atom. The molecule has 0 bridgehead atoms. The number of imidazole rings is 1. The third kappa shape index (κ3) is 6.96. The Balaban J connectivity index is 1.73. The topological polar surface area (TPSA) is 152 Å². The molecule has 2 heterocycles. The third-order valence-corrected chi connectivity index (χ3v) is 4.50. The minimum absolute atomic E-state index is 0.0247. The van der Waals surface area contributed by atoms with Gasteiger partial charge in [-0.1, -0.05) is 0 Å². The summed E-state index contributed by atoms with van der Waals surface area (Å²) in [5.41, 5.74) is 6.79. The molecule has 0 saturated carbocycles. The summed E-state index contributed by atoms with van der Waals surface area (Å²) in [5.74, 6) is 0.207. The van der Waals surface area contributed by atoms with Crippen molar-refractivity contribution < 1.29 is 28.3 Å². The first-order valence-corrected chi connectivity index (χ1v) is 10.1. The second-order valence-electron chi connectivity index (χ2n) is 6.01. The average molecular weight is 401 g/mol. The van der Waals surface area contributed by atoms with Crippen LogP contribution in [0.2, 0.25) is 0 Å². The largest absolute Gasteiger partial charge is 0.382 e. The number of anilines is 1. The van der Waals surface area contributed by atoms with E-state index in [0.717, 1.165) is 0 Å². The molecular weight excluding hydrogens is 377 g/mol. The van der Waals surface area contributed by atoms with Gasteiger partial charge in [0.2, 0.25) is 0 Å². The smallest absolute Gasteiger partial charge is 0.353 e. The number of carbonyl (C=O) groups excluding carboxylic acids is 1. The molecule has 3 N–H and O–H groups in total. The number of nitrogen functional groups attached to an aromatic ring is 1. The summed E-state index contributed by atoms with van der Waals surface area (Å²) in [6, 6.07) is 0. The van der Waals surface area contributed by atoms with Crippen molar-refractivity contribution in [2.75, 3.05) is 31.9 Å². The molecule has 0 aliphatic heterocycles. The summed E-state index contributed by atoms with van der Waals surface area (Å²) in [7, 11) is -3.88. The summed E-state index contributed by atoms with van der Waals surface area (Å²) in [6.07, 6.45) is 2.48. The molecule has 0 aliphatic rings. The van der Waals surface area contributed by atoms with E-state index in [2.05, 4.69) is 15.0 Å². The van der Waals surface area contributed by atoms with Crippen LogP contribution < -0.4 is 5.73 Å². The quantitative estimate of drug-likeness (QED) is 0.389. The number of carbonyl (C=O) groups is 1. The van der Waals surface area contributed by atoms with E-state index in [4.69, 9.17) is 19.7 Å². The molecule has 2 aromatic heterocycles. The lowest BCUT2D eigenvalue weighted by molar-refractivity contribution is -0.121. The molecule has 0 spiro atoms. The summed E-state index contributed by atoms with van der Waals surface area (Å²) in [6.45, 7) is 3.88. The fraction of sp³-hybridized carbons (Fsp3) is 0.600. The van der Waals surface area contributed by atoms with Crippen LogP contribution in [0.25, 0.3) is 11.2 Å². The first-order valence-electron chi connectivity index (χ1n) is 8.35. The van der Waals surface area contributed by atoms with Gasteiger partial charge in [-0.15, -0.1) is 0 Å². The number of rotatable bonds is 12. The molecule has 0 amide bonds. The predicted molar refractivity (Wildman–Crippen MR) is 97.0 cm³/mol. The van der Waals surface area contributed by atoms with Crippen LogP contribution in [0.3, 0.4) is 0 Å². The van der Waals surface area contributed by atoms with Gasteiger partial charge in [-0.25, -0.2) is 15.0 Å². The Kier molecular flexibility index (Phi) is 7.81. The van der Waals surface area contributed by atoms with Crippen LogP contribution in [-0.2, 0) is 29.9 Å². The number of ether oxygens (including phenoxy) is 2. The van der Waals surface area contributed by atoms with E-state index in [9.17, 15) is 14.3 Å². The molecule has 2 aromatic rings. The maximum atomic E-state index is 12.0. The van der Waals surface area contributed by atoms with Crippen molar-refractivity contribution in [1.82, 2.24) is 19.5 Å². The van der Waals surface area contributed by atoms with Gasteiger partial charge in [0, 0.05) is 6.61 Å². The molecule has 0 radical (unpaired) electrons. The van der Waals surface area contributed by atoms with Gasteiger partial charge in [-0.2, -0.15) is 0 Å². The van der Waals surface area contributed by atoms with E-state index in [1.165, 1.54) is 13.3 Å². The van der Waals surface area contributed by atoms with Crippen molar-refractivity contribution in [1.29, 1.82) is 0 Å². The van der Waals surface area contributed by atoms with E-state index in [-0.39, 0.29) is 37.5 Å². The zero-order valence-corrected chi connectivity index (χ0v) is 16.2. The molecule has 2 atom stereocenters. The monoisotopic (exact) mass is 401 g/mol. The van der Waals surface area contributed by atoms with Crippen LogP contribution in [0.15, 0.2) is 12.7 Å². The second-order valence-corrected chi connectivity index (χ2v) is 7.80. The van der Waals surface area contributed by atoms with Crippen molar-refractivity contribution in [3.05, 3.63) is 12.7 Å². The van der Waals surface area contributed by atoms with Crippen LogP contribution in [0.5, 0.6) is 0 Å². The molecule has 2 rings (SSSR count). The number of nitrogens with zero attached hydrogens (tertiary/aromatic N) is 4. The predicted octanol–water partition coefficient (Wildman–Crippen LogP) is 0.969. The summed E-state index contributed by atoms with van der Waals surface area (Å²) in [4.78, 5) is 32.7. The number of ketones is 1. The number of aromatic nitrogens is 4. The standard InChI is InChI=1S/C15H24N5O6P/c1-11(21)7-24-4-3-5-26-27(22,23)10-25-12(2)6-20-9-19-13-14(16)17-8-18-15(13)20/h8-9,12H,3-7,10H2,1-2H3,(H,22,23)(H2,16,17,18)/t12-/m1/s1. The van der Waals surface area contributed by atoms with Gasteiger partial charge >= 0.3 is 7.60 Å². The molecular formula is C15H24N5O6P. The highest BCUT2D eigenvalue weighted by molar-refractivity contribution is 7.52. The third-order valence-electron chi connectivity index (χ3n) is 3.44. The van der Waals surface area contributed by atoms with Crippen molar-refractivity contribution in [2.24, 2.45) is 0 Å². The first kappa shape index (κ1) is 21.4. The molecule has 0 aromatic carbocycles. The molecule has 11 nitrogen and oxygen atoms in total. The van der Waals surface area contributed by atoms with Gasteiger partial charge in [0.1, 0.15) is 24.8 Å². The summed E-state index contributed by atoms with van der Waals surface area (Å²) >= 11 is 0. The molecule has 27 heavy (non-hydrogen) atoms. The lowest BCUT2D eigenvalue weighted by atomic mass is 10.4. The van der Waals surface area contributed by atoms with Crippen LogP contribution in [0, 0.1) is 0 Å². The fourth-order valence-corrected chi connectivity index (χ4v) is 3.14. The molecule has 0 aliphatic carbocycles. The Hall–Kier alpha value is -1.91. The van der Waals surface area contributed by atoms with Gasteiger partial charge in [-0.3, -0.25) is 9.36 Å². The van der Waals surface area contributed by atoms with E-state index >= 15 is 0 Å². The highest BCUT2D eigenvalue weighted by Crippen LogP contribution is 2.42. The van der Waals surface area contributed by atoms with Crippen molar-refractivity contribution in [3.63, 3.8) is 0 Å². The van der Waals surface area contributed by atoms with Crippen LogP contribution in [0.1, 0.15) is 20.3 Å². The van der Waals surface area contributed by atoms with Crippen LogP contribution >= 0.6 is 7.60 Å². The van der Waals surface area contributed by atoms with E-state index < -0.39 is 13.9 Å². The highest BCUT2D eigenvalue weighted by atomic mass is 31.2. The van der Waals surface area contributed by atoms with E-state index in [1.807, 2.05) is 0 Å².